The van der Waals surface area contributed by atoms with Crippen LogP contribution in [0.25, 0.3) is 11.3 Å². The van der Waals surface area contributed by atoms with E-state index in [2.05, 4.69) is 10.3 Å². The van der Waals surface area contributed by atoms with E-state index >= 15 is 0 Å². The van der Waals surface area contributed by atoms with Crippen molar-refractivity contribution in [1.82, 2.24) is 15.2 Å². The maximum Gasteiger partial charge on any atom is 0.253 e. The molecule has 140 valence electrons. The standard InChI is InChI=1S/C20H22N4O3/c1-13(25)23-17-3-2-10-24(12-17)20(27)15-6-4-14(5-7-15)18-9-8-16(11-22-18)19(21)26/h4-9,11,17H,2-3,10,12H2,1H3,(H2,21,26)(H,23,25)/t17-/m0/s1. The quantitative estimate of drug-likeness (QED) is 0.857. The first-order valence-corrected chi connectivity index (χ1v) is 8.86. The lowest BCUT2D eigenvalue weighted by molar-refractivity contribution is -0.120. The molecule has 0 bridgehead atoms. The number of primary amides is 1. The molecule has 3 N–H and O–H groups in total. The van der Waals surface area contributed by atoms with E-state index in [0.717, 1.165) is 18.4 Å². The Labute approximate surface area is 157 Å². The minimum Gasteiger partial charge on any atom is -0.366 e. The molecular weight excluding hydrogens is 344 g/mol. The average Bonchev–Trinajstić information content (AvgIpc) is 2.67. The van der Waals surface area contributed by atoms with Crippen molar-refractivity contribution in [1.29, 1.82) is 0 Å². The van der Waals surface area contributed by atoms with Gasteiger partial charge in [0, 0.05) is 43.4 Å². The van der Waals surface area contributed by atoms with Crippen LogP contribution in [0.2, 0.25) is 0 Å². The molecule has 0 spiro atoms. The van der Waals surface area contributed by atoms with E-state index in [9.17, 15) is 14.4 Å². The number of nitrogens with one attached hydrogen (secondary N) is 1. The molecule has 3 amide bonds. The Kier molecular flexibility index (Phi) is 5.49. The maximum atomic E-state index is 12.7. The SMILES string of the molecule is CC(=O)N[C@H]1CCCN(C(=O)c2ccc(-c3ccc(C(N)=O)cn3)cc2)C1. The van der Waals surface area contributed by atoms with Crippen molar-refractivity contribution in [2.24, 2.45) is 5.73 Å². The van der Waals surface area contributed by atoms with Crippen LogP contribution in [0.3, 0.4) is 0 Å². The van der Waals surface area contributed by atoms with Crippen molar-refractivity contribution in [2.45, 2.75) is 25.8 Å². The molecule has 7 nitrogen and oxygen atoms in total. The molecule has 0 radical (unpaired) electrons. The predicted molar refractivity (Wildman–Crippen MR) is 101 cm³/mol. The van der Waals surface area contributed by atoms with Gasteiger partial charge in [0.15, 0.2) is 0 Å². The second-order valence-electron chi connectivity index (χ2n) is 6.66. The van der Waals surface area contributed by atoms with Crippen LogP contribution < -0.4 is 11.1 Å². The van der Waals surface area contributed by atoms with E-state index in [1.807, 2.05) is 12.1 Å². The summed E-state index contributed by atoms with van der Waals surface area (Å²) in [6, 6.07) is 10.5. The maximum absolute atomic E-state index is 12.7. The van der Waals surface area contributed by atoms with Crippen LogP contribution >= 0.6 is 0 Å². The molecule has 0 unspecified atom stereocenters. The summed E-state index contributed by atoms with van der Waals surface area (Å²) >= 11 is 0. The van der Waals surface area contributed by atoms with Gasteiger partial charge in [-0.3, -0.25) is 19.4 Å². The van der Waals surface area contributed by atoms with E-state index in [0.29, 0.717) is 29.9 Å². The highest BCUT2D eigenvalue weighted by atomic mass is 16.2. The van der Waals surface area contributed by atoms with Gasteiger partial charge in [-0.05, 0) is 37.1 Å². The predicted octanol–water partition coefficient (Wildman–Crippen LogP) is 1.59. The van der Waals surface area contributed by atoms with Gasteiger partial charge in [0.1, 0.15) is 0 Å². The first-order chi connectivity index (χ1) is 12.9. The topological polar surface area (TPSA) is 105 Å². The number of aromatic nitrogens is 1. The van der Waals surface area contributed by atoms with Gasteiger partial charge < -0.3 is 16.0 Å². The van der Waals surface area contributed by atoms with Gasteiger partial charge in [0.25, 0.3) is 5.91 Å². The summed E-state index contributed by atoms with van der Waals surface area (Å²) in [5, 5.41) is 2.89. The number of piperidine rings is 1. The summed E-state index contributed by atoms with van der Waals surface area (Å²) in [6.45, 7) is 2.70. The van der Waals surface area contributed by atoms with Crippen LogP contribution in [-0.2, 0) is 4.79 Å². The Morgan fingerprint density at radius 1 is 1.11 bits per heavy atom. The molecule has 2 aromatic rings. The van der Waals surface area contributed by atoms with E-state index in [1.54, 1.807) is 29.2 Å². The molecule has 1 aromatic carbocycles. The molecule has 1 saturated heterocycles. The Bertz CT molecular complexity index is 847. The van der Waals surface area contributed by atoms with Gasteiger partial charge in [-0.2, -0.15) is 0 Å². The highest BCUT2D eigenvalue weighted by molar-refractivity contribution is 5.95. The van der Waals surface area contributed by atoms with Crippen LogP contribution in [-0.4, -0.2) is 46.7 Å². The number of amides is 3. The molecule has 3 rings (SSSR count). The number of hydrogen-bond donors (Lipinski definition) is 2. The summed E-state index contributed by atoms with van der Waals surface area (Å²) in [5.74, 6) is -0.642. The fourth-order valence-electron chi connectivity index (χ4n) is 3.24. The summed E-state index contributed by atoms with van der Waals surface area (Å²) in [7, 11) is 0. The molecule has 1 aliphatic rings. The summed E-state index contributed by atoms with van der Waals surface area (Å²) in [5.41, 5.74) is 7.71. The molecule has 0 saturated carbocycles. The number of carbonyl (C=O) groups excluding carboxylic acids is 3. The number of carbonyl (C=O) groups is 3. The molecular formula is C20H22N4O3. The van der Waals surface area contributed by atoms with Crippen molar-refractivity contribution in [3.05, 3.63) is 53.7 Å². The molecule has 1 atom stereocenters. The molecule has 1 fully saturated rings. The van der Waals surface area contributed by atoms with E-state index in [1.165, 1.54) is 13.1 Å². The van der Waals surface area contributed by atoms with Crippen molar-refractivity contribution < 1.29 is 14.4 Å². The number of benzene rings is 1. The monoisotopic (exact) mass is 366 g/mol. The summed E-state index contributed by atoms with van der Waals surface area (Å²) in [6.07, 6.45) is 3.19. The smallest absolute Gasteiger partial charge is 0.253 e. The van der Waals surface area contributed by atoms with Crippen molar-refractivity contribution >= 4 is 17.7 Å². The molecule has 0 aliphatic carbocycles. The molecule has 7 heteroatoms. The number of likely N-dealkylation sites (tertiary alicyclic amines) is 1. The van der Waals surface area contributed by atoms with Crippen LogP contribution in [0.5, 0.6) is 0 Å². The highest BCUT2D eigenvalue weighted by Gasteiger charge is 2.24. The Morgan fingerprint density at radius 2 is 1.81 bits per heavy atom. The molecule has 1 aliphatic heterocycles. The molecule has 27 heavy (non-hydrogen) atoms. The fraction of sp³-hybridized carbons (Fsp3) is 0.300. The van der Waals surface area contributed by atoms with Crippen molar-refractivity contribution in [3.8, 4) is 11.3 Å². The van der Waals surface area contributed by atoms with Crippen molar-refractivity contribution in [2.75, 3.05) is 13.1 Å². The van der Waals surface area contributed by atoms with Gasteiger partial charge in [-0.15, -0.1) is 0 Å². The number of rotatable bonds is 4. The largest absolute Gasteiger partial charge is 0.366 e. The average molecular weight is 366 g/mol. The van der Waals surface area contributed by atoms with Crippen LogP contribution in [0.4, 0.5) is 0 Å². The number of pyridine rings is 1. The zero-order valence-corrected chi connectivity index (χ0v) is 15.1. The Balaban J connectivity index is 1.70. The third-order valence-electron chi connectivity index (χ3n) is 4.59. The van der Waals surface area contributed by atoms with Crippen LogP contribution in [0.15, 0.2) is 42.6 Å². The third kappa shape index (κ3) is 4.49. The second kappa shape index (κ2) is 7.99. The second-order valence-corrected chi connectivity index (χ2v) is 6.66. The molecule has 2 heterocycles. The van der Waals surface area contributed by atoms with Gasteiger partial charge in [-0.1, -0.05) is 12.1 Å². The normalized spacial score (nSPS) is 16.6. The zero-order valence-electron chi connectivity index (χ0n) is 15.1. The Morgan fingerprint density at radius 3 is 2.41 bits per heavy atom. The van der Waals surface area contributed by atoms with Gasteiger partial charge >= 0.3 is 0 Å². The number of hydrogen-bond acceptors (Lipinski definition) is 4. The fourth-order valence-corrected chi connectivity index (χ4v) is 3.24. The van der Waals surface area contributed by atoms with Crippen molar-refractivity contribution in [3.63, 3.8) is 0 Å². The lowest BCUT2D eigenvalue weighted by Gasteiger charge is -2.33. The van der Waals surface area contributed by atoms with E-state index < -0.39 is 5.91 Å². The number of nitrogens with zero attached hydrogens (tertiary/aromatic N) is 2. The lowest BCUT2D eigenvalue weighted by atomic mass is 10.0. The third-order valence-corrected chi connectivity index (χ3v) is 4.59. The van der Waals surface area contributed by atoms with Gasteiger partial charge in [0.2, 0.25) is 11.8 Å². The Hall–Kier alpha value is -3.22. The molecule has 1 aromatic heterocycles. The van der Waals surface area contributed by atoms with E-state index in [4.69, 9.17) is 5.73 Å². The first kappa shape index (κ1) is 18.6. The minimum absolute atomic E-state index is 0.00689. The summed E-state index contributed by atoms with van der Waals surface area (Å²) in [4.78, 5) is 41.1. The van der Waals surface area contributed by atoms with Crippen LogP contribution in [0.1, 0.15) is 40.5 Å². The van der Waals surface area contributed by atoms with Gasteiger partial charge in [0.05, 0.1) is 11.3 Å². The minimum atomic E-state index is -0.519. The summed E-state index contributed by atoms with van der Waals surface area (Å²) < 4.78 is 0. The first-order valence-electron chi connectivity index (χ1n) is 8.86. The van der Waals surface area contributed by atoms with E-state index in [-0.39, 0.29) is 17.9 Å². The zero-order chi connectivity index (χ0) is 19.4. The van der Waals surface area contributed by atoms with Crippen LogP contribution in [0, 0.1) is 0 Å². The van der Waals surface area contributed by atoms with Gasteiger partial charge in [-0.25, -0.2) is 0 Å². The lowest BCUT2D eigenvalue weighted by Crippen LogP contribution is -2.49. The highest BCUT2D eigenvalue weighted by Crippen LogP contribution is 2.20. The number of nitrogens with two attached hydrogens (primary N) is 1.